The average molecular weight is 313 g/mol. The zero-order valence-corrected chi connectivity index (χ0v) is 12.9. The number of benzene rings is 1. The number of carbonyl (C=O) groups is 2. The molecular formula is C16H19N5O2. The maximum atomic E-state index is 12.4. The van der Waals surface area contributed by atoms with Crippen molar-refractivity contribution in [3.05, 3.63) is 42.2 Å². The van der Waals surface area contributed by atoms with Crippen LogP contribution in [0.4, 0.5) is 11.4 Å². The molecule has 1 aromatic heterocycles. The number of aromatic nitrogens is 2. The fourth-order valence-corrected chi connectivity index (χ4v) is 2.68. The van der Waals surface area contributed by atoms with Crippen molar-refractivity contribution in [2.75, 3.05) is 17.2 Å². The predicted molar refractivity (Wildman–Crippen MR) is 86.7 cm³/mol. The van der Waals surface area contributed by atoms with Crippen LogP contribution in [0.5, 0.6) is 0 Å². The van der Waals surface area contributed by atoms with E-state index >= 15 is 0 Å². The molecule has 7 heteroatoms. The Morgan fingerprint density at radius 1 is 1.39 bits per heavy atom. The predicted octanol–water partition coefficient (Wildman–Crippen LogP) is 0.466. The topological polar surface area (TPSA) is 93.2 Å². The van der Waals surface area contributed by atoms with Crippen molar-refractivity contribution < 1.29 is 9.59 Å². The highest BCUT2D eigenvalue weighted by Crippen LogP contribution is 2.20. The second-order valence-corrected chi connectivity index (χ2v) is 5.69. The molecule has 3 N–H and O–H groups in total. The molecule has 23 heavy (non-hydrogen) atoms. The maximum Gasteiger partial charge on any atom is 0.249 e. The summed E-state index contributed by atoms with van der Waals surface area (Å²) in [7, 11) is 1.80. The van der Waals surface area contributed by atoms with Crippen LogP contribution in [-0.4, -0.2) is 34.2 Å². The maximum absolute atomic E-state index is 12.4. The largest absolute Gasteiger partial charge is 0.399 e. The molecule has 7 nitrogen and oxygen atoms in total. The van der Waals surface area contributed by atoms with Gasteiger partial charge in [0, 0.05) is 25.5 Å². The van der Waals surface area contributed by atoms with E-state index < -0.39 is 6.04 Å². The number of rotatable bonds is 4. The lowest BCUT2D eigenvalue weighted by Gasteiger charge is -2.15. The van der Waals surface area contributed by atoms with E-state index in [1.807, 2.05) is 12.1 Å². The molecule has 120 valence electrons. The van der Waals surface area contributed by atoms with Crippen LogP contribution in [0.3, 0.4) is 0 Å². The second kappa shape index (κ2) is 6.12. The third-order valence-corrected chi connectivity index (χ3v) is 3.89. The van der Waals surface area contributed by atoms with Crippen LogP contribution in [0.25, 0.3) is 0 Å². The summed E-state index contributed by atoms with van der Waals surface area (Å²) in [5, 5.41) is 6.88. The summed E-state index contributed by atoms with van der Waals surface area (Å²) in [6.45, 7) is 0.581. The molecule has 2 heterocycles. The van der Waals surface area contributed by atoms with Crippen LogP contribution in [-0.2, 0) is 23.1 Å². The van der Waals surface area contributed by atoms with Crippen LogP contribution in [0.1, 0.15) is 12.0 Å². The number of hydrogen-bond acceptors (Lipinski definition) is 4. The summed E-state index contributed by atoms with van der Waals surface area (Å²) in [4.78, 5) is 26.2. The van der Waals surface area contributed by atoms with Crippen LogP contribution in [0.2, 0.25) is 0 Å². The standard InChI is InChI=1S/C16H19N5O2/c1-20-10-13(9-18-20)21-7-6-14(16(21)23)19-15(22)8-11-2-4-12(17)5-3-11/h2-5,9-10,14H,6-8,17H2,1H3,(H,19,22). The number of carbonyl (C=O) groups excluding carboxylic acids is 2. The van der Waals surface area contributed by atoms with E-state index in [1.54, 1.807) is 41.2 Å². The molecule has 0 aliphatic carbocycles. The number of aryl methyl sites for hydroxylation is 1. The normalized spacial score (nSPS) is 17.5. The van der Waals surface area contributed by atoms with E-state index in [9.17, 15) is 9.59 Å². The van der Waals surface area contributed by atoms with E-state index in [0.717, 1.165) is 11.3 Å². The highest BCUT2D eigenvalue weighted by molar-refractivity contribution is 6.01. The molecule has 1 atom stereocenters. The van der Waals surface area contributed by atoms with Gasteiger partial charge in [0.15, 0.2) is 0 Å². The Kier molecular flexibility index (Phi) is 4.01. The number of nitrogens with two attached hydrogens (primary N) is 1. The lowest BCUT2D eigenvalue weighted by molar-refractivity contribution is -0.126. The van der Waals surface area contributed by atoms with Gasteiger partial charge >= 0.3 is 0 Å². The molecule has 1 saturated heterocycles. The molecule has 0 spiro atoms. The molecule has 2 aromatic rings. The van der Waals surface area contributed by atoms with Crippen molar-refractivity contribution in [1.82, 2.24) is 15.1 Å². The number of hydrogen-bond donors (Lipinski definition) is 2. The molecule has 1 aromatic carbocycles. The van der Waals surface area contributed by atoms with E-state index in [-0.39, 0.29) is 18.2 Å². The first-order valence-electron chi connectivity index (χ1n) is 7.47. The first-order chi connectivity index (χ1) is 11.0. The highest BCUT2D eigenvalue weighted by Gasteiger charge is 2.34. The van der Waals surface area contributed by atoms with Crippen LogP contribution < -0.4 is 16.0 Å². The number of nitrogens with zero attached hydrogens (tertiary/aromatic N) is 3. The molecule has 0 radical (unpaired) electrons. The van der Waals surface area contributed by atoms with Gasteiger partial charge in [-0.3, -0.25) is 14.3 Å². The molecule has 0 bridgehead atoms. The summed E-state index contributed by atoms with van der Waals surface area (Å²) in [5.74, 6) is -0.259. The average Bonchev–Trinajstić information content (AvgIpc) is 3.08. The zero-order chi connectivity index (χ0) is 16.4. The summed E-state index contributed by atoms with van der Waals surface area (Å²) >= 11 is 0. The molecular weight excluding hydrogens is 294 g/mol. The van der Waals surface area contributed by atoms with Crippen molar-refractivity contribution in [3.63, 3.8) is 0 Å². The lowest BCUT2D eigenvalue weighted by atomic mass is 10.1. The van der Waals surface area contributed by atoms with Crippen LogP contribution in [0.15, 0.2) is 36.7 Å². The third-order valence-electron chi connectivity index (χ3n) is 3.89. The van der Waals surface area contributed by atoms with Crippen molar-refractivity contribution in [2.24, 2.45) is 7.05 Å². The van der Waals surface area contributed by atoms with Gasteiger partial charge in [0.2, 0.25) is 11.8 Å². The molecule has 2 amide bonds. The Bertz CT molecular complexity index is 722. The van der Waals surface area contributed by atoms with Gasteiger partial charge in [-0.25, -0.2) is 0 Å². The number of nitrogen functional groups attached to an aromatic ring is 1. The van der Waals surface area contributed by atoms with E-state index in [1.165, 1.54) is 0 Å². The fourth-order valence-electron chi connectivity index (χ4n) is 2.68. The Morgan fingerprint density at radius 3 is 2.78 bits per heavy atom. The first-order valence-corrected chi connectivity index (χ1v) is 7.47. The summed E-state index contributed by atoms with van der Waals surface area (Å²) in [5.41, 5.74) is 7.91. The lowest BCUT2D eigenvalue weighted by Crippen LogP contribution is -2.42. The van der Waals surface area contributed by atoms with Gasteiger partial charge in [-0.1, -0.05) is 12.1 Å². The van der Waals surface area contributed by atoms with Crippen LogP contribution in [0, 0.1) is 0 Å². The van der Waals surface area contributed by atoms with Crippen molar-refractivity contribution in [2.45, 2.75) is 18.9 Å². The van der Waals surface area contributed by atoms with Gasteiger partial charge in [-0.2, -0.15) is 5.10 Å². The quantitative estimate of drug-likeness (QED) is 0.802. The van der Waals surface area contributed by atoms with E-state index in [2.05, 4.69) is 10.4 Å². The van der Waals surface area contributed by atoms with E-state index in [0.29, 0.717) is 18.7 Å². The Morgan fingerprint density at radius 2 is 2.13 bits per heavy atom. The molecule has 1 aliphatic heterocycles. The summed E-state index contributed by atoms with van der Waals surface area (Å²) in [6.07, 6.45) is 4.27. The number of anilines is 2. The molecule has 3 rings (SSSR count). The minimum Gasteiger partial charge on any atom is -0.399 e. The summed E-state index contributed by atoms with van der Waals surface area (Å²) in [6, 6.07) is 6.66. The molecule has 1 fully saturated rings. The minimum atomic E-state index is -0.475. The number of amides is 2. The van der Waals surface area contributed by atoms with Crippen LogP contribution >= 0.6 is 0 Å². The first kappa shape index (κ1) is 15.1. The second-order valence-electron chi connectivity index (χ2n) is 5.69. The van der Waals surface area contributed by atoms with Crippen molar-refractivity contribution in [3.8, 4) is 0 Å². The smallest absolute Gasteiger partial charge is 0.249 e. The third kappa shape index (κ3) is 3.33. The minimum absolute atomic E-state index is 0.0938. The van der Waals surface area contributed by atoms with Crippen molar-refractivity contribution >= 4 is 23.2 Å². The monoisotopic (exact) mass is 313 g/mol. The van der Waals surface area contributed by atoms with Gasteiger partial charge in [0.1, 0.15) is 6.04 Å². The summed E-state index contributed by atoms with van der Waals surface area (Å²) < 4.78 is 1.65. The highest BCUT2D eigenvalue weighted by atomic mass is 16.2. The Labute approximate surface area is 134 Å². The van der Waals surface area contributed by atoms with E-state index in [4.69, 9.17) is 5.73 Å². The van der Waals surface area contributed by atoms with Gasteiger partial charge in [-0.05, 0) is 24.1 Å². The van der Waals surface area contributed by atoms with Gasteiger partial charge in [0.05, 0.1) is 18.3 Å². The molecule has 0 saturated carbocycles. The van der Waals surface area contributed by atoms with Gasteiger partial charge < -0.3 is 16.0 Å². The van der Waals surface area contributed by atoms with Gasteiger partial charge in [-0.15, -0.1) is 0 Å². The SMILES string of the molecule is Cn1cc(N2CCC(NC(=O)Cc3ccc(N)cc3)C2=O)cn1. The Balaban J connectivity index is 1.59. The zero-order valence-electron chi connectivity index (χ0n) is 12.9. The molecule has 1 aliphatic rings. The Hall–Kier alpha value is -2.83. The number of nitrogens with one attached hydrogen (secondary N) is 1. The molecule has 1 unspecified atom stereocenters. The van der Waals surface area contributed by atoms with Gasteiger partial charge in [0.25, 0.3) is 0 Å². The van der Waals surface area contributed by atoms with Crippen molar-refractivity contribution in [1.29, 1.82) is 0 Å². The fraction of sp³-hybridized carbons (Fsp3) is 0.312.